The van der Waals surface area contributed by atoms with Gasteiger partial charge in [-0.3, -0.25) is 0 Å². The van der Waals surface area contributed by atoms with Crippen LogP contribution in [0.25, 0.3) is 0 Å². The molecule has 0 amide bonds. The highest BCUT2D eigenvalue weighted by Gasteiger charge is 2.38. The second kappa shape index (κ2) is 6.54. The lowest BCUT2D eigenvalue weighted by molar-refractivity contribution is -0.103. The molecule has 116 valence electrons. The predicted octanol–water partition coefficient (Wildman–Crippen LogP) is 5.94. The van der Waals surface area contributed by atoms with Crippen molar-refractivity contribution in [3.8, 4) is 0 Å². The molecule has 2 nitrogen and oxygen atoms in total. The van der Waals surface area contributed by atoms with Gasteiger partial charge < -0.3 is 10.1 Å². The van der Waals surface area contributed by atoms with Crippen molar-refractivity contribution in [1.82, 2.24) is 0 Å². The van der Waals surface area contributed by atoms with Gasteiger partial charge >= 0.3 is 0 Å². The van der Waals surface area contributed by atoms with Gasteiger partial charge in [-0.05, 0) is 37.8 Å². The largest absolute Gasteiger partial charge is 0.381 e. The minimum Gasteiger partial charge on any atom is -0.381 e. The van der Waals surface area contributed by atoms with Gasteiger partial charge in [0.1, 0.15) is 0 Å². The van der Waals surface area contributed by atoms with Crippen LogP contribution in [0.15, 0.2) is 12.1 Å². The molecule has 0 bridgehead atoms. The maximum atomic E-state index is 6.26. The van der Waals surface area contributed by atoms with E-state index in [9.17, 15) is 0 Å². The normalized spacial score (nSPS) is 25.0. The number of nitrogens with one attached hydrogen (secondary N) is 1. The summed E-state index contributed by atoms with van der Waals surface area (Å²) in [4.78, 5) is 0. The standard InChI is InChI=1S/C16H20Cl3NO/c17-12-8-14(19)15(9-13(12)18)20-11-4-7-21-16(10-11)5-2-1-3-6-16/h8-9,11,20H,1-7,10H2. The average Bonchev–Trinajstić information content (AvgIpc) is 2.46. The van der Waals surface area contributed by atoms with Crippen LogP contribution in [-0.4, -0.2) is 18.2 Å². The third-order valence-electron chi connectivity index (χ3n) is 4.63. The number of hydrogen-bond acceptors (Lipinski definition) is 2. The lowest BCUT2D eigenvalue weighted by Gasteiger charge is -2.44. The molecular weight excluding hydrogens is 329 g/mol. The quantitative estimate of drug-likeness (QED) is 0.668. The molecule has 0 radical (unpaired) electrons. The number of ether oxygens (including phenoxy) is 1. The van der Waals surface area contributed by atoms with Gasteiger partial charge in [0.05, 0.1) is 26.4 Å². The highest BCUT2D eigenvalue weighted by Crippen LogP contribution is 2.40. The van der Waals surface area contributed by atoms with Crippen molar-refractivity contribution in [1.29, 1.82) is 0 Å². The number of hydrogen-bond donors (Lipinski definition) is 1. The van der Waals surface area contributed by atoms with E-state index >= 15 is 0 Å². The van der Waals surface area contributed by atoms with Crippen LogP contribution in [0.3, 0.4) is 0 Å². The van der Waals surface area contributed by atoms with E-state index in [-0.39, 0.29) is 5.60 Å². The number of rotatable bonds is 2. The Labute approximate surface area is 141 Å². The molecule has 1 unspecified atom stereocenters. The minimum absolute atomic E-state index is 0.0802. The van der Waals surface area contributed by atoms with Crippen LogP contribution in [0.4, 0.5) is 5.69 Å². The second-order valence-corrected chi connectivity index (χ2v) is 7.39. The fourth-order valence-corrected chi connectivity index (χ4v) is 4.15. The van der Waals surface area contributed by atoms with E-state index in [0.29, 0.717) is 21.1 Å². The van der Waals surface area contributed by atoms with Gasteiger partial charge in [-0.15, -0.1) is 0 Å². The lowest BCUT2D eigenvalue weighted by Crippen LogP contribution is -2.45. The van der Waals surface area contributed by atoms with Crippen LogP contribution in [0.1, 0.15) is 44.9 Å². The number of anilines is 1. The van der Waals surface area contributed by atoms with E-state index in [2.05, 4.69) is 5.32 Å². The summed E-state index contributed by atoms with van der Waals surface area (Å²) in [6.45, 7) is 0.816. The molecule has 1 saturated carbocycles. The minimum atomic E-state index is 0.0802. The third kappa shape index (κ3) is 3.61. The van der Waals surface area contributed by atoms with E-state index in [1.54, 1.807) is 6.07 Å². The van der Waals surface area contributed by atoms with Crippen molar-refractivity contribution in [2.45, 2.75) is 56.6 Å². The molecule has 1 spiro atoms. The third-order valence-corrected chi connectivity index (χ3v) is 5.66. The van der Waals surface area contributed by atoms with Crippen molar-refractivity contribution < 1.29 is 4.74 Å². The van der Waals surface area contributed by atoms with Crippen LogP contribution < -0.4 is 5.32 Å². The molecule has 1 aromatic rings. The van der Waals surface area contributed by atoms with Gasteiger partial charge in [0, 0.05) is 12.6 Å². The molecule has 1 atom stereocenters. The van der Waals surface area contributed by atoms with E-state index in [0.717, 1.165) is 25.1 Å². The molecule has 0 aromatic heterocycles. The fraction of sp³-hybridized carbons (Fsp3) is 0.625. The van der Waals surface area contributed by atoms with E-state index < -0.39 is 0 Å². The van der Waals surface area contributed by atoms with Crippen LogP contribution in [-0.2, 0) is 4.74 Å². The first-order valence-electron chi connectivity index (χ1n) is 7.63. The maximum Gasteiger partial charge on any atom is 0.0702 e. The molecule has 1 heterocycles. The smallest absolute Gasteiger partial charge is 0.0702 e. The van der Waals surface area contributed by atoms with E-state index in [4.69, 9.17) is 39.5 Å². The Kier molecular flexibility index (Phi) is 4.90. The first kappa shape index (κ1) is 15.7. The molecule has 1 aromatic carbocycles. The molecule has 3 rings (SSSR count). The topological polar surface area (TPSA) is 21.3 Å². The van der Waals surface area contributed by atoms with Crippen molar-refractivity contribution in [3.05, 3.63) is 27.2 Å². The molecular formula is C16H20Cl3NO. The molecule has 1 saturated heterocycles. The van der Waals surface area contributed by atoms with Crippen LogP contribution in [0.5, 0.6) is 0 Å². The zero-order valence-corrected chi connectivity index (χ0v) is 14.2. The second-order valence-electron chi connectivity index (χ2n) is 6.17. The Morgan fingerprint density at radius 3 is 2.48 bits per heavy atom. The van der Waals surface area contributed by atoms with Gasteiger partial charge in [0.2, 0.25) is 0 Å². The van der Waals surface area contributed by atoms with Crippen LogP contribution in [0, 0.1) is 0 Å². The van der Waals surface area contributed by atoms with Crippen LogP contribution in [0.2, 0.25) is 15.1 Å². The number of benzene rings is 1. The highest BCUT2D eigenvalue weighted by atomic mass is 35.5. The molecule has 1 aliphatic carbocycles. The van der Waals surface area contributed by atoms with Gasteiger partial charge in [-0.25, -0.2) is 0 Å². The molecule has 1 aliphatic heterocycles. The Hall–Kier alpha value is -0.150. The Morgan fingerprint density at radius 1 is 1.00 bits per heavy atom. The summed E-state index contributed by atoms with van der Waals surface area (Å²) in [6.07, 6.45) is 8.30. The first-order valence-corrected chi connectivity index (χ1v) is 8.76. The molecule has 2 aliphatic rings. The van der Waals surface area contributed by atoms with Gasteiger partial charge in [0.25, 0.3) is 0 Å². The van der Waals surface area contributed by atoms with Gasteiger partial charge in [0.15, 0.2) is 0 Å². The zero-order valence-electron chi connectivity index (χ0n) is 11.9. The molecule has 1 N–H and O–H groups in total. The summed E-state index contributed by atoms with van der Waals surface area (Å²) >= 11 is 18.3. The summed E-state index contributed by atoms with van der Waals surface area (Å²) < 4.78 is 6.13. The fourth-order valence-electron chi connectivity index (χ4n) is 3.55. The predicted molar refractivity (Wildman–Crippen MR) is 89.9 cm³/mol. The van der Waals surface area contributed by atoms with E-state index in [1.165, 1.54) is 32.1 Å². The average molecular weight is 349 g/mol. The van der Waals surface area contributed by atoms with Crippen molar-refractivity contribution >= 4 is 40.5 Å². The molecule has 5 heteroatoms. The van der Waals surface area contributed by atoms with Crippen molar-refractivity contribution in [2.75, 3.05) is 11.9 Å². The molecule has 21 heavy (non-hydrogen) atoms. The highest BCUT2D eigenvalue weighted by molar-refractivity contribution is 6.44. The number of halogens is 3. The van der Waals surface area contributed by atoms with Crippen molar-refractivity contribution in [3.63, 3.8) is 0 Å². The SMILES string of the molecule is Clc1cc(Cl)c(NC2CCOC3(CCCCC3)C2)cc1Cl. The monoisotopic (exact) mass is 347 g/mol. The van der Waals surface area contributed by atoms with Gasteiger partial charge in [-0.2, -0.15) is 0 Å². The first-order chi connectivity index (χ1) is 10.1. The lowest BCUT2D eigenvalue weighted by atomic mass is 9.78. The Morgan fingerprint density at radius 2 is 1.71 bits per heavy atom. The molecule has 2 fully saturated rings. The Bertz CT molecular complexity index is 509. The van der Waals surface area contributed by atoms with Crippen molar-refractivity contribution in [2.24, 2.45) is 0 Å². The summed E-state index contributed by atoms with van der Waals surface area (Å²) in [5.74, 6) is 0. The Balaban J connectivity index is 1.71. The van der Waals surface area contributed by atoms with Gasteiger partial charge in [-0.1, -0.05) is 54.1 Å². The van der Waals surface area contributed by atoms with Crippen LogP contribution >= 0.6 is 34.8 Å². The zero-order chi connectivity index (χ0) is 14.9. The van der Waals surface area contributed by atoms with E-state index in [1.807, 2.05) is 6.07 Å². The summed E-state index contributed by atoms with van der Waals surface area (Å²) in [7, 11) is 0. The summed E-state index contributed by atoms with van der Waals surface area (Å²) in [5.41, 5.74) is 0.945. The summed E-state index contributed by atoms with van der Waals surface area (Å²) in [5, 5.41) is 5.17. The summed E-state index contributed by atoms with van der Waals surface area (Å²) in [6, 6.07) is 3.89. The maximum absolute atomic E-state index is 6.26.